The highest BCUT2D eigenvalue weighted by Gasteiger charge is 2.23. The summed E-state index contributed by atoms with van der Waals surface area (Å²) >= 11 is 3.17. The topological polar surface area (TPSA) is 205 Å². The highest BCUT2D eigenvalue weighted by Crippen LogP contribution is 2.43. The molecule has 0 bridgehead atoms. The first-order chi connectivity index (χ1) is 34.3. The molecule has 358 valence electrons. The molecule has 17 heteroatoms. The molecular weight excluding hydrogens is 959 g/mol. The summed E-state index contributed by atoms with van der Waals surface area (Å²) in [4.78, 5) is 67.9. The predicted octanol–water partition coefficient (Wildman–Crippen LogP) is 9.86. The molecule has 7 aromatic carbocycles. The fourth-order valence-corrected chi connectivity index (χ4v) is 9.92. The van der Waals surface area contributed by atoms with E-state index in [4.69, 9.17) is 29.4 Å². The largest absolute Gasteiger partial charge is 0.462 e. The van der Waals surface area contributed by atoms with Crippen molar-refractivity contribution < 1.29 is 41.9 Å². The maximum atomic E-state index is 13.0. The molecular formula is C54H45N5O9S3. The van der Waals surface area contributed by atoms with Crippen LogP contribution in [-0.2, 0) is 30.9 Å². The van der Waals surface area contributed by atoms with E-state index in [-0.39, 0.29) is 35.2 Å². The lowest BCUT2D eigenvalue weighted by molar-refractivity contribution is 0.0516. The van der Waals surface area contributed by atoms with Crippen molar-refractivity contribution in [3.05, 3.63) is 208 Å². The van der Waals surface area contributed by atoms with Crippen LogP contribution in [0.4, 0.5) is 11.4 Å². The van der Waals surface area contributed by atoms with Crippen LogP contribution in [0.1, 0.15) is 83.1 Å². The Balaban J connectivity index is 0.000000197. The van der Waals surface area contributed by atoms with Crippen LogP contribution in [0.2, 0.25) is 0 Å². The van der Waals surface area contributed by atoms with E-state index in [1.807, 2.05) is 84.9 Å². The van der Waals surface area contributed by atoms with Gasteiger partial charge in [0.15, 0.2) is 0 Å². The number of hydrogen-bond acceptors (Lipinski definition) is 13. The molecule has 2 heterocycles. The third-order valence-corrected chi connectivity index (χ3v) is 14.1. The molecule has 0 spiro atoms. The Morgan fingerprint density at radius 1 is 0.549 bits per heavy atom. The summed E-state index contributed by atoms with van der Waals surface area (Å²) in [5.41, 5.74) is 11.3. The van der Waals surface area contributed by atoms with Crippen molar-refractivity contribution in [2.24, 2.45) is 15.1 Å². The number of sulfonamides is 1. The number of benzene rings is 7. The quantitative estimate of drug-likeness (QED) is 0.0776. The molecule has 2 aliphatic rings. The number of ether oxygens (including phenoxy) is 2. The molecule has 0 saturated carbocycles. The number of esters is 2. The fourth-order valence-electron chi connectivity index (χ4n) is 7.40. The maximum absolute atomic E-state index is 13.0. The average molecular weight is 1000 g/mol. The van der Waals surface area contributed by atoms with Gasteiger partial charge in [-0.3, -0.25) is 14.4 Å². The zero-order valence-electron chi connectivity index (χ0n) is 38.5. The van der Waals surface area contributed by atoms with Crippen molar-refractivity contribution in [3.63, 3.8) is 0 Å². The Labute approximate surface area is 418 Å². The van der Waals surface area contributed by atoms with E-state index in [1.54, 1.807) is 98.0 Å². The van der Waals surface area contributed by atoms with E-state index >= 15 is 0 Å². The molecule has 14 nitrogen and oxygen atoms in total. The minimum atomic E-state index is -3.78. The summed E-state index contributed by atoms with van der Waals surface area (Å²) in [5, 5.41) is 8.01. The van der Waals surface area contributed by atoms with E-state index in [2.05, 4.69) is 10.8 Å². The normalized spacial score (nSPS) is 12.3. The summed E-state index contributed by atoms with van der Waals surface area (Å²) in [6.07, 6.45) is 0. The first kappa shape index (κ1) is 49.7. The van der Waals surface area contributed by atoms with Crippen molar-refractivity contribution in [2.75, 3.05) is 20.3 Å². The van der Waals surface area contributed by atoms with Crippen molar-refractivity contribution >= 4 is 80.1 Å². The van der Waals surface area contributed by atoms with Crippen LogP contribution in [0, 0.1) is 0 Å². The zero-order chi connectivity index (χ0) is 50.1. The number of carbonyl (C=O) groups excluding carboxylic acids is 4. The van der Waals surface area contributed by atoms with Crippen LogP contribution in [0.5, 0.6) is 0 Å². The van der Waals surface area contributed by atoms with Gasteiger partial charge in [-0.2, -0.15) is 0 Å². The third kappa shape index (κ3) is 11.9. The van der Waals surface area contributed by atoms with Gasteiger partial charge in [0.25, 0.3) is 11.8 Å². The predicted molar refractivity (Wildman–Crippen MR) is 273 cm³/mol. The molecule has 0 aromatic heterocycles. The van der Waals surface area contributed by atoms with Crippen molar-refractivity contribution in [1.29, 1.82) is 0 Å². The highest BCUT2D eigenvalue weighted by atomic mass is 32.2. The van der Waals surface area contributed by atoms with Crippen molar-refractivity contribution in [2.45, 2.75) is 44.9 Å². The summed E-state index contributed by atoms with van der Waals surface area (Å²) in [7, 11) is -2.39. The fraction of sp³-hybridized carbons (Fsp3) is 0.111. The molecule has 0 fully saturated rings. The number of nitrogens with zero attached hydrogens (tertiary/aromatic N) is 2. The molecule has 0 radical (unpaired) electrons. The summed E-state index contributed by atoms with van der Waals surface area (Å²) in [6, 6.07) is 47.1. The number of amides is 2. The summed E-state index contributed by atoms with van der Waals surface area (Å²) in [6.45, 7) is 4.38. The van der Waals surface area contributed by atoms with Crippen molar-refractivity contribution in [3.8, 4) is 0 Å². The lowest BCUT2D eigenvalue weighted by Crippen LogP contribution is -2.22. The first-order valence-electron chi connectivity index (χ1n) is 22.1. The SMILES string of the molecule is CCOC(=O)c1ccc(C2=Nc3cc(C(=O)NCc4ccc(S(N)(=O)=O)cc4)ccc3Sc3ccccc32)cc1.CCOC(=O)c1ccc(C2=Nc3cc(C(=O)NOC)ccc3Sc3ccccc32)cc1. The number of carbonyl (C=O) groups is 4. The van der Waals surface area contributed by atoms with Gasteiger partial charge in [-0.15, -0.1) is 0 Å². The van der Waals surface area contributed by atoms with Crippen LogP contribution >= 0.6 is 23.5 Å². The number of aliphatic imine (C=N–C) groups is 2. The van der Waals surface area contributed by atoms with Crippen LogP contribution in [0.15, 0.2) is 192 Å². The molecule has 0 saturated heterocycles. The first-order valence-corrected chi connectivity index (χ1v) is 25.3. The van der Waals surface area contributed by atoms with Crippen LogP contribution < -0.4 is 15.9 Å². The summed E-state index contributed by atoms with van der Waals surface area (Å²) in [5.74, 6) is -1.37. The van der Waals surface area contributed by atoms with E-state index in [9.17, 15) is 27.6 Å². The molecule has 9 rings (SSSR count). The second kappa shape index (κ2) is 22.4. The number of nitrogens with one attached hydrogen (secondary N) is 2. The average Bonchev–Trinajstić information content (AvgIpc) is 3.66. The van der Waals surface area contributed by atoms with Gasteiger partial charge in [0.2, 0.25) is 10.0 Å². The van der Waals surface area contributed by atoms with Crippen LogP contribution in [0.25, 0.3) is 0 Å². The van der Waals surface area contributed by atoms with Gasteiger partial charge in [-0.1, -0.05) is 96.3 Å². The Kier molecular flexibility index (Phi) is 15.7. The van der Waals surface area contributed by atoms with Crippen LogP contribution in [0.3, 0.4) is 0 Å². The molecule has 2 aliphatic heterocycles. The minimum absolute atomic E-state index is 0.0102. The van der Waals surface area contributed by atoms with Gasteiger partial charge < -0.3 is 14.8 Å². The van der Waals surface area contributed by atoms with Gasteiger partial charge >= 0.3 is 11.9 Å². The summed E-state index contributed by atoms with van der Waals surface area (Å²) < 4.78 is 33.1. The molecule has 4 N–H and O–H groups in total. The van der Waals surface area contributed by atoms with E-state index in [0.717, 1.165) is 58.8 Å². The minimum Gasteiger partial charge on any atom is -0.462 e. The van der Waals surface area contributed by atoms with Gasteiger partial charge in [-0.25, -0.2) is 38.6 Å². The third-order valence-electron chi connectivity index (χ3n) is 10.9. The smallest absolute Gasteiger partial charge is 0.338 e. The van der Waals surface area contributed by atoms with Gasteiger partial charge in [-0.05, 0) is 104 Å². The van der Waals surface area contributed by atoms with E-state index < -0.39 is 10.0 Å². The lowest BCUT2D eigenvalue weighted by Gasteiger charge is -2.10. The number of fused-ring (bicyclic) bond motifs is 4. The van der Waals surface area contributed by atoms with Gasteiger partial charge in [0.05, 0.1) is 59.1 Å². The van der Waals surface area contributed by atoms with Crippen molar-refractivity contribution in [1.82, 2.24) is 10.8 Å². The van der Waals surface area contributed by atoms with E-state index in [1.165, 1.54) is 19.2 Å². The molecule has 71 heavy (non-hydrogen) atoms. The Hall–Kier alpha value is -7.67. The Morgan fingerprint density at radius 3 is 1.42 bits per heavy atom. The van der Waals surface area contributed by atoms with Gasteiger partial charge in [0.1, 0.15) is 0 Å². The Bertz CT molecular complexity index is 3340. The number of rotatable bonds is 12. The number of hydroxylamine groups is 1. The number of nitrogens with two attached hydrogens (primary N) is 1. The molecule has 7 aromatic rings. The van der Waals surface area contributed by atoms with Gasteiger partial charge in [0, 0.05) is 59.5 Å². The zero-order valence-corrected chi connectivity index (χ0v) is 41.0. The van der Waals surface area contributed by atoms with Crippen LogP contribution in [-0.4, -0.2) is 63.9 Å². The molecule has 0 atom stereocenters. The molecule has 2 amide bonds. The second-order valence-corrected chi connectivity index (χ2v) is 19.3. The monoisotopic (exact) mass is 1000 g/mol. The maximum Gasteiger partial charge on any atom is 0.338 e. The lowest BCUT2D eigenvalue weighted by atomic mass is 10.0. The van der Waals surface area contributed by atoms with E-state index in [0.29, 0.717) is 46.8 Å². The molecule has 0 unspecified atom stereocenters. The highest BCUT2D eigenvalue weighted by molar-refractivity contribution is 8.00. The standard InChI is InChI=1S/C30H25N3O5S2.C24H20N2O4S/c1-2-38-30(35)21-11-9-20(10-12-21)28-24-5-3-4-6-26(24)39-27-16-13-22(17-25(27)33-28)29(34)32-18-19-7-14-23(15-8-19)40(31,36)37;1-3-30-24(28)16-10-8-15(9-11-16)22-18-6-4-5-7-20(18)31-21-13-12-17(14-19(21)25-22)23(27)26-29-2/h3-17H,2,18H2,1H3,(H,32,34)(H2,31,36,37);4-14H,3H2,1-2H3,(H,26,27). The Morgan fingerprint density at radius 2 is 0.986 bits per heavy atom. The number of primary sulfonamides is 1. The number of hydrogen-bond donors (Lipinski definition) is 3. The second-order valence-electron chi connectivity index (χ2n) is 15.6. The molecule has 0 aliphatic carbocycles.